The number of nitrogens with one attached hydrogen (secondary N) is 1. The zero-order valence-corrected chi connectivity index (χ0v) is 12.3. The van der Waals surface area contributed by atoms with Gasteiger partial charge in [-0.15, -0.1) is 0 Å². The van der Waals surface area contributed by atoms with Gasteiger partial charge < -0.3 is 15.2 Å². The molecule has 0 radical (unpaired) electrons. The molecule has 5 nitrogen and oxygen atoms in total. The van der Waals surface area contributed by atoms with Gasteiger partial charge in [0.1, 0.15) is 5.75 Å². The summed E-state index contributed by atoms with van der Waals surface area (Å²) in [4.78, 5) is 23.0. The Balaban J connectivity index is 1.90. The number of ether oxygens (including phenoxy) is 1. The fourth-order valence-electron chi connectivity index (χ4n) is 2.36. The number of carboxylic acid groups (broad SMARTS) is 1. The van der Waals surface area contributed by atoms with Crippen molar-refractivity contribution in [1.82, 2.24) is 5.32 Å². The van der Waals surface area contributed by atoms with Crippen LogP contribution < -0.4 is 10.1 Å². The average molecular weight is 291 g/mol. The lowest BCUT2D eigenvalue weighted by Gasteiger charge is -2.34. The van der Waals surface area contributed by atoms with Crippen LogP contribution in [-0.2, 0) is 9.59 Å². The SMILES string of the molecule is CC(C)[C@H](Oc1ccccc1)C(=O)NC1CC(C(=O)O)C1. The Morgan fingerprint density at radius 3 is 2.38 bits per heavy atom. The summed E-state index contributed by atoms with van der Waals surface area (Å²) in [6, 6.07) is 9.16. The van der Waals surface area contributed by atoms with Crippen molar-refractivity contribution in [2.45, 2.75) is 38.8 Å². The number of hydrogen-bond acceptors (Lipinski definition) is 3. The molecule has 0 aliphatic heterocycles. The van der Waals surface area contributed by atoms with Crippen LogP contribution in [0.3, 0.4) is 0 Å². The van der Waals surface area contributed by atoms with Gasteiger partial charge in [-0.3, -0.25) is 9.59 Å². The average Bonchev–Trinajstić information content (AvgIpc) is 2.39. The Labute approximate surface area is 124 Å². The molecule has 0 unspecified atom stereocenters. The summed E-state index contributed by atoms with van der Waals surface area (Å²) in [5.41, 5.74) is 0. The molecule has 0 heterocycles. The second-order valence-corrected chi connectivity index (χ2v) is 5.81. The predicted molar refractivity (Wildman–Crippen MR) is 78.0 cm³/mol. The van der Waals surface area contributed by atoms with Crippen LogP contribution in [0.5, 0.6) is 5.75 Å². The Morgan fingerprint density at radius 2 is 1.86 bits per heavy atom. The molecule has 114 valence electrons. The highest BCUT2D eigenvalue weighted by Crippen LogP contribution is 2.28. The van der Waals surface area contributed by atoms with Crippen molar-refractivity contribution in [1.29, 1.82) is 0 Å². The van der Waals surface area contributed by atoms with Crippen LogP contribution in [0.1, 0.15) is 26.7 Å². The first-order valence-corrected chi connectivity index (χ1v) is 7.22. The summed E-state index contributed by atoms with van der Waals surface area (Å²) in [5, 5.41) is 11.7. The number of benzene rings is 1. The summed E-state index contributed by atoms with van der Waals surface area (Å²) < 4.78 is 5.75. The molecule has 0 aromatic heterocycles. The molecule has 1 aliphatic carbocycles. The molecule has 1 aliphatic rings. The second kappa shape index (κ2) is 6.61. The molecule has 2 rings (SSSR count). The second-order valence-electron chi connectivity index (χ2n) is 5.81. The Hall–Kier alpha value is -2.04. The Kier molecular flexibility index (Phi) is 4.83. The van der Waals surface area contributed by atoms with Gasteiger partial charge >= 0.3 is 5.97 Å². The molecule has 1 aromatic carbocycles. The van der Waals surface area contributed by atoms with Gasteiger partial charge in [0, 0.05) is 6.04 Å². The monoisotopic (exact) mass is 291 g/mol. The van der Waals surface area contributed by atoms with Crippen LogP contribution in [0.15, 0.2) is 30.3 Å². The van der Waals surface area contributed by atoms with E-state index in [4.69, 9.17) is 9.84 Å². The third-order valence-electron chi connectivity index (χ3n) is 3.70. The third-order valence-corrected chi connectivity index (χ3v) is 3.70. The Bertz CT molecular complexity index is 494. The van der Waals surface area contributed by atoms with Crippen LogP contribution in [0.2, 0.25) is 0 Å². The van der Waals surface area contributed by atoms with Gasteiger partial charge in [0.2, 0.25) is 0 Å². The number of carbonyl (C=O) groups is 2. The minimum atomic E-state index is -0.790. The standard InChI is InChI=1S/C16H21NO4/c1-10(2)14(21-13-6-4-3-5-7-13)15(18)17-12-8-11(9-12)16(19)20/h3-7,10-12,14H,8-9H2,1-2H3,(H,17,18)(H,19,20)/t11?,12?,14-/m0/s1. The lowest BCUT2D eigenvalue weighted by atomic mass is 9.80. The molecule has 1 fully saturated rings. The van der Waals surface area contributed by atoms with Gasteiger partial charge in [0.25, 0.3) is 5.91 Å². The first-order chi connectivity index (χ1) is 9.97. The fourth-order valence-corrected chi connectivity index (χ4v) is 2.36. The predicted octanol–water partition coefficient (Wildman–Crippen LogP) is 2.07. The molecule has 0 spiro atoms. The topological polar surface area (TPSA) is 75.6 Å². The maximum Gasteiger partial charge on any atom is 0.306 e. The number of amides is 1. The lowest BCUT2D eigenvalue weighted by Crippen LogP contribution is -2.51. The highest BCUT2D eigenvalue weighted by molar-refractivity contribution is 5.82. The molecule has 0 bridgehead atoms. The fraction of sp³-hybridized carbons (Fsp3) is 0.500. The van der Waals surface area contributed by atoms with E-state index >= 15 is 0 Å². The van der Waals surface area contributed by atoms with Crippen molar-refractivity contribution in [3.8, 4) is 5.75 Å². The molecular weight excluding hydrogens is 270 g/mol. The summed E-state index contributed by atoms with van der Waals surface area (Å²) in [6.45, 7) is 3.85. The van der Waals surface area contributed by atoms with E-state index in [1.807, 2.05) is 44.2 Å². The van der Waals surface area contributed by atoms with Gasteiger partial charge in [0.05, 0.1) is 5.92 Å². The minimum absolute atomic E-state index is 0.0283. The summed E-state index contributed by atoms with van der Waals surface area (Å²) in [7, 11) is 0. The van der Waals surface area contributed by atoms with Gasteiger partial charge in [-0.05, 0) is 30.9 Å². The van der Waals surface area contributed by atoms with Crippen LogP contribution in [0.25, 0.3) is 0 Å². The number of rotatable bonds is 6. The van der Waals surface area contributed by atoms with E-state index in [-0.39, 0.29) is 23.8 Å². The van der Waals surface area contributed by atoms with Crippen molar-refractivity contribution in [2.24, 2.45) is 11.8 Å². The summed E-state index contributed by atoms with van der Waals surface area (Å²) >= 11 is 0. The highest BCUT2D eigenvalue weighted by Gasteiger charge is 2.37. The number of carboxylic acids is 1. The van der Waals surface area contributed by atoms with Gasteiger partial charge in [-0.25, -0.2) is 0 Å². The number of hydrogen-bond donors (Lipinski definition) is 2. The van der Waals surface area contributed by atoms with Crippen molar-refractivity contribution in [3.05, 3.63) is 30.3 Å². The van der Waals surface area contributed by atoms with Crippen LogP contribution in [-0.4, -0.2) is 29.1 Å². The number of para-hydroxylation sites is 1. The van der Waals surface area contributed by atoms with Gasteiger partial charge in [0.15, 0.2) is 6.10 Å². The van der Waals surface area contributed by atoms with Gasteiger partial charge in [-0.1, -0.05) is 32.0 Å². The van der Waals surface area contributed by atoms with Crippen molar-refractivity contribution < 1.29 is 19.4 Å². The molecule has 5 heteroatoms. The summed E-state index contributed by atoms with van der Waals surface area (Å²) in [5.74, 6) is -0.615. The highest BCUT2D eigenvalue weighted by atomic mass is 16.5. The molecule has 0 saturated heterocycles. The Morgan fingerprint density at radius 1 is 1.24 bits per heavy atom. The van der Waals surface area contributed by atoms with Crippen molar-refractivity contribution in [2.75, 3.05) is 0 Å². The van der Waals surface area contributed by atoms with Crippen LogP contribution in [0, 0.1) is 11.8 Å². The minimum Gasteiger partial charge on any atom is -0.481 e. The maximum absolute atomic E-state index is 12.3. The maximum atomic E-state index is 12.3. The largest absolute Gasteiger partial charge is 0.481 e. The van der Waals surface area contributed by atoms with Crippen molar-refractivity contribution >= 4 is 11.9 Å². The van der Waals surface area contributed by atoms with Gasteiger partial charge in [-0.2, -0.15) is 0 Å². The lowest BCUT2D eigenvalue weighted by molar-refractivity contribution is -0.146. The molecule has 1 saturated carbocycles. The molecule has 21 heavy (non-hydrogen) atoms. The number of carbonyl (C=O) groups excluding carboxylic acids is 1. The molecule has 2 N–H and O–H groups in total. The van der Waals surface area contributed by atoms with Crippen LogP contribution >= 0.6 is 0 Å². The smallest absolute Gasteiger partial charge is 0.306 e. The first kappa shape index (κ1) is 15.4. The van der Waals surface area contributed by atoms with E-state index in [0.717, 1.165) is 0 Å². The molecule has 1 atom stereocenters. The van der Waals surface area contributed by atoms with E-state index in [1.54, 1.807) is 0 Å². The van der Waals surface area contributed by atoms with E-state index in [9.17, 15) is 9.59 Å². The van der Waals surface area contributed by atoms with E-state index in [2.05, 4.69) is 5.32 Å². The molecule has 1 amide bonds. The van der Waals surface area contributed by atoms with Crippen LogP contribution in [0.4, 0.5) is 0 Å². The summed E-state index contributed by atoms with van der Waals surface area (Å²) in [6.07, 6.45) is 0.422. The zero-order chi connectivity index (χ0) is 15.4. The van der Waals surface area contributed by atoms with Crippen molar-refractivity contribution in [3.63, 3.8) is 0 Å². The molecule has 1 aromatic rings. The first-order valence-electron chi connectivity index (χ1n) is 7.22. The number of aliphatic carboxylic acids is 1. The van der Waals surface area contributed by atoms with E-state index < -0.39 is 12.1 Å². The quantitative estimate of drug-likeness (QED) is 0.841. The third kappa shape index (κ3) is 3.97. The van der Waals surface area contributed by atoms with E-state index in [0.29, 0.717) is 18.6 Å². The normalized spacial score (nSPS) is 22.2. The molecular formula is C16H21NO4. The van der Waals surface area contributed by atoms with E-state index in [1.165, 1.54) is 0 Å². The zero-order valence-electron chi connectivity index (χ0n) is 12.3.